The molecule has 0 radical (unpaired) electrons. The summed E-state index contributed by atoms with van der Waals surface area (Å²) in [7, 11) is 0. The summed E-state index contributed by atoms with van der Waals surface area (Å²) in [5, 5.41) is 1.79. The Morgan fingerprint density at radius 3 is 2.55 bits per heavy atom. The van der Waals surface area contributed by atoms with Gasteiger partial charge in [-0.2, -0.15) is 0 Å². The number of carbonyl (C=O) groups excluding carboxylic acids is 2. The number of hydrogen-bond acceptors (Lipinski definition) is 3. The van der Waals surface area contributed by atoms with Crippen LogP contribution < -0.4 is 5.43 Å². The Balaban J connectivity index is 1.96. The van der Waals surface area contributed by atoms with Crippen LogP contribution in [-0.4, -0.2) is 47.9 Å². The van der Waals surface area contributed by atoms with Gasteiger partial charge >= 0.3 is 0 Å². The average molecular weight is 301 g/mol. The number of carbonyl (C=O) groups is 2. The van der Waals surface area contributed by atoms with E-state index >= 15 is 0 Å². The first-order valence-corrected chi connectivity index (χ1v) is 7.72. The van der Waals surface area contributed by atoms with Crippen LogP contribution in [0.3, 0.4) is 0 Å². The molecule has 5 nitrogen and oxygen atoms in total. The molecule has 0 bridgehead atoms. The molecule has 2 rings (SSSR count). The van der Waals surface area contributed by atoms with E-state index in [1.54, 1.807) is 17.1 Å². The Morgan fingerprint density at radius 1 is 1.23 bits per heavy atom. The molecule has 1 aliphatic heterocycles. The lowest BCUT2D eigenvalue weighted by atomic mass is 10.0. The Kier molecular flexibility index (Phi) is 5.72. The molecule has 1 atom stereocenters. The summed E-state index contributed by atoms with van der Waals surface area (Å²) in [6.45, 7) is 6.48. The van der Waals surface area contributed by atoms with Gasteiger partial charge in [0.25, 0.3) is 5.91 Å². The Labute approximate surface area is 131 Å². The first-order valence-electron chi connectivity index (χ1n) is 7.72. The average Bonchev–Trinajstić information content (AvgIpc) is 2.57. The lowest BCUT2D eigenvalue weighted by Crippen LogP contribution is -2.49. The number of hydrazine groups is 1. The molecular formula is C17H23N3O2. The van der Waals surface area contributed by atoms with Crippen LogP contribution in [0.1, 0.15) is 24.2 Å². The molecule has 0 saturated carbocycles. The lowest BCUT2D eigenvalue weighted by molar-refractivity contribution is -0.134. The van der Waals surface area contributed by atoms with Crippen LogP contribution in [0.5, 0.6) is 0 Å². The van der Waals surface area contributed by atoms with E-state index in [2.05, 4.69) is 5.43 Å². The summed E-state index contributed by atoms with van der Waals surface area (Å²) in [5.74, 6) is -0.241. The molecule has 1 heterocycles. The van der Waals surface area contributed by atoms with E-state index < -0.39 is 0 Å². The number of amides is 2. The van der Waals surface area contributed by atoms with E-state index in [4.69, 9.17) is 0 Å². The van der Waals surface area contributed by atoms with Gasteiger partial charge in [0.05, 0.1) is 5.92 Å². The number of nitrogens with zero attached hydrogens (tertiary/aromatic N) is 2. The monoisotopic (exact) mass is 301 g/mol. The topological polar surface area (TPSA) is 52.7 Å². The summed E-state index contributed by atoms with van der Waals surface area (Å²) in [5.41, 5.74) is 3.48. The van der Waals surface area contributed by atoms with Gasteiger partial charge in [-0.25, -0.2) is 5.01 Å². The van der Waals surface area contributed by atoms with Crippen molar-refractivity contribution in [1.82, 2.24) is 15.3 Å². The van der Waals surface area contributed by atoms with Gasteiger partial charge in [-0.05, 0) is 26.0 Å². The normalized spacial score (nSPS) is 18.0. The van der Waals surface area contributed by atoms with Crippen molar-refractivity contribution in [1.29, 1.82) is 0 Å². The van der Waals surface area contributed by atoms with Crippen molar-refractivity contribution in [3.05, 3.63) is 48.0 Å². The van der Waals surface area contributed by atoms with Crippen molar-refractivity contribution >= 4 is 11.8 Å². The van der Waals surface area contributed by atoms with Crippen molar-refractivity contribution in [3.8, 4) is 0 Å². The largest absolute Gasteiger partial charge is 0.343 e. The minimum atomic E-state index is -0.204. The predicted molar refractivity (Wildman–Crippen MR) is 86.0 cm³/mol. The van der Waals surface area contributed by atoms with Crippen molar-refractivity contribution in [2.24, 2.45) is 5.92 Å². The Hall–Kier alpha value is -2.14. The van der Waals surface area contributed by atoms with Crippen LogP contribution in [0.25, 0.3) is 0 Å². The third-order valence-corrected chi connectivity index (χ3v) is 3.80. The number of hydrogen-bond donors (Lipinski definition) is 1. The molecule has 0 aromatic heterocycles. The fourth-order valence-corrected chi connectivity index (χ4v) is 2.54. The first-order chi connectivity index (χ1) is 10.7. The zero-order chi connectivity index (χ0) is 15.9. The van der Waals surface area contributed by atoms with Crippen LogP contribution in [-0.2, 0) is 4.79 Å². The van der Waals surface area contributed by atoms with Gasteiger partial charge in [0.2, 0.25) is 5.91 Å². The van der Waals surface area contributed by atoms with Crippen LogP contribution in [0.2, 0.25) is 0 Å². The molecule has 1 unspecified atom stereocenters. The molecule has 1 N–H and O–H groups in total. The molecule has 0 saturated heterocycles. The number of rotatable bonds is 5. The van der Waals surface area contributed by atoms with E-state index in [-0.39, 0.29) is 17.7 Å². The summed E-state index contributed by atoms with van der Waals surface area (Å²) in [6, 6.07) is 9.08. The van der Waals surface area contributed by atoms with Gasteiger partial charge in [0.15, 0.2) is 0 Å². The second-order valence-electron chi connectivity index (χ2n) is 5.26. The molecule has 5 heteroatoms. The van der Waals surface area contributed by atoms with Crippen molar-refractivity contribution in [2.45, 2.75) is 13.8 Å². The molecule has 1 aromatic carbocycles. The second kappa shape index (κ2) is 7.75. The molecule has 0 fully saturated rings. The van der Waals surface area contributed by atoms with Gasteiger partial charge in [-0.3, -0.25) is 15.0 Å². The second-order valence-corrected chi connectivity index (χ2v) is 5.26. The van der Waals surface area contributed by atoms with Crippen LogP contribution >= 0.6 is 0 Å². The highest BCUT2D eigenvalue weighted by atomic mass is 16.2. The molecule has 0 aliphatic carbocycles. The molecule has 22 heavy (non-hydrogen) atoms. The van der Waals surface area contributed by atoms with E-state index in [9.17, 15) is 9.59 Å². The summed E-state index contributed by atoms with van der Waals surface area (Å²) < 4.78 is 0. The van der Waals surface area contributed by atoms with Crippen molar-refractivity contribution in [3.63, 3.8) is 0 Å². The van der Waals surface area contributed by atoms with Gasteiger partial charge in [-0.1, -0.05) is 30.4 Å². The fourth-order valence-electron chi connectivity index (χ4n) is 2.54. The van der Waals surface area contributed by atoms with Crippen molar-refractivity contribution in [2.75, 3.05) is 26.2 Å². The van der Waals surface area contributed by atoms with Gasteiger partial charge < -0.3 is 4.90 Å². The van der Waals surface area contributed by atoms with Crippen LogP contribution in [0, 0.1) is 5.92 Å². The standard InChI is InChI=1S/C17H23N3O2/c1-3-19(4-2)17(22)15-11-8-12-20(13-15)18-16(21)14-9-6-5-7-10-14/h5-11,15H,3-4,12-13H2,1-2H3,(H,18,21). The SMILES string of the molecule is CCN(CC)C(=O)C1C=CCN(NC(=O)c2ccccc2)C1. The number of nitrogens with one attached hydrogen (secondary N) is 1. The molecule has 0 spiro atoms. The van der Waals surface area contributed by atoms with Gasteiger partial charge in [0.1, 0.15) is 0 Å². The maximum atomic E-state index is 12.4. The summed E-state index contributed by atoms with van der Waals surface area (Å²) in [4.78, 5) is 26.4. The van der Waals surface area contributed by atoms with Crippen molar-refractivity contribution < 1.29 is 9.59 Å². The predicted octanol–water partition coefficient (Wildman–Crippen LogP) is 1.69. The highest BCUT2D eigenvalue weighted by molar-refractivity contribution is 5.93. The lowest BCUT2D eigenvalue weighted by Gasteiger charge is -2.31. The molecular weight excluding hydrogens is 278 g/mol. The van der Waals surface area contributed by atoms with Crippen LogP contribution in [0.4, 0.5) is 0 Å². The smallest absolute Gasteiger partial charge is 0.265 e. The third kappa shape index (κ3) is 3.95. The summed E-state index contributed by atoms with van der Waals surface area (Å²) in [6.07, 6.45) is 3.87. The molecule has 2 amide bonds. The van der Waals surface area contributed by atoms with E-state index in [0.717, 1.165) is 0 Å². The third-order valence-electron chi connectivity index (χ3n) is 3.80. The quantitative estimate of drug-likeness (QED) is 0.842. The maximum absolute atomic E-state index is 12.4. The Morgan fingerprint density at radius 2 is 1.91 bits per heavy atom. The van der Waals surface area contributed by atoms with E-state index in [0.29, 0.717) is 31.7 Å². The van der Waals surface area contributed by atoms with E-state index in [1.165, 1.54) is 0 Å². The molecule has 118 valence electrons. The van der Waals surface area contributed by atoms with Gasteiger partial charge in [-0.15, -0.1) is 0 Å². The highest BCUT2D eigenvalue weighted by Gasteiger charge is 2.25. The first kappa shape index (κ1) is 16.2. The molecule has 1 aromatic rings. The zero-order valence-electron chi connectivity index (χ0n) is 13.2. The van der Waals surface area contributed by atoms with E-state index in [1.807, 2.05) is 49.1 Å². The number of benzene rings is 1. The fraction of sp³-hybridized carbons (Fsp3) is 0.412. The molecule has 1 aliphatic rings. The minimum absolute atomic E-state index is 0.111. The highest BCUT2D eigenvalue weighted by Crippen LogP contribution is 2.12. The zero-order valence-corrected chi connectivity index (χ0v) is 13.2. The van der Waals surface area contributed by atoms with Crippen LogP contribution in [0.15, 0.2) is 42.5 Å². The van der Waals surface area contributed by atoms with Gasteiger partial charge in [0, 0.05) is 31.7 Å². The summed E-state index contributed by atoms with van der Waals surface area (Å²) >= 11 is 0. The minimum Gasteiger partial charge on any atom is -0.343 e. The Bertz CT molecular complexity index is 538. The maximum Gasteiger partial charge on any atom is 0.265 e.